The SMILES string of the molecule is CN1CCc2c(cccc2NC(=O)Nc2cc([N+](=O)[O-])cc([N+](=O)[O-])c2)C1. The molecule has 1 aliphatic heterocycles. The lowest BCUT2D eigenvalue weighted by molar-refractivity contribution is -0.394. The molecular weight excluding hydrogens is 354 g/mol. The lowest BCUT2D eigenvalue weighted by Gasteiger charge is -2.26. The number of hydrogen-bond acceptors (Lipinski definition) is 6. The molecule has 0 aromatic heterocycles. The van der Waals surface area contributed by atoms with Crippen molar-refractivity contribution in [1.82, 2.24) is 4.90 Å². The molecule has 2 aromatic carbocycles. The molecule has 2 amide bonds. The first-order valence-corrected chi connectivity index (χ1v) is 8.14. The van der Waals surface area contributed by atoms with E-state index in [0.717, 1.165) is 48.8 Å². The molecule has 2 aromatic rings. The first kappa shape index (κ1) is 18.3. The second kappa shape index (κ2) is 7.38. The molecule has 0 unspecified atom stereocenters. The number of fused-ring (bicyclic) bond motifs is 1. The van der Waals surface area contributed by atoms with Crippen molar-refractivity contribution in [3.05, 3.63) is 67.8 Å². The van der Waals surface area contributed by atoms with Crippen LogP contribution in [-0.4, -0.2) is 34.4 Å². The predicted molar refractivity (Wildman–Crippen MR) is 98.9 cm³/mol. The van der Waals surface area contributed by atoms with Crippen molar-refractivity contribution in [1.29, 1.82) is 0 Å². The third-order valence-electron chi connectivity index (χ3n) is 4.29. The van der Waals surface area contributed by atoms with E-state index < -0.39 is 27.3 Å². The van der Waals surface area contributed by atoms with Crippen LogP contribution in [0.5, 0.6) is 0 Å². The number of urea groups is 1. The smallest absolute Gasteiger partial charge is 0.307 e. The number of benzene rings is 2. The lowest BCUT2D eigenvalue weighted by Crippen LogP contribution is -2.28. The second-order valence-electron chi connectivity index (χ2n) is 6.26. The molecule has 27 heavy (non-hydrogen) atoms. The van der Waals surface area contributed by atoms with Crippen LogP contribution in [0.25, 0.3) is 0 Å². The molecular formula is C17H17N5O5. The molecule has 2 N–H and O–H groups in total. The number of nitro benzene ring substituents is 2. The summed E-state index contributed by atoms with van der Waals surface area (Å²) in [5, 5.41) is 27.0. The largest absolute Gasteiger partial charge is 0.323 e. The molecule has 10 heteroatoms. The summed E-state index contributed by atoms with van der Waals surface area (Å²) in [5.74, 6) is 0. The van der Waals surface area contributed by atoms with Crippen molar-refractivity contribution in [3.8, 4) is 0 Å². The highest BCUT2D eigenvalue weighted by Crippen LogP contribution is 2.27. The molecule has 0 spiro atoms. The number of carbonyl (C=O) groups is 1. The Morgan fingerprint density at radius 1 is 1.07 bits per heavy atom. The normalized spacial score (nSPS) is 13.5. The molecule has 140 valence electrons. The topological polar surface area (TPSA) is 131 Å². The highest BCUT2D eigenvalue weighted by molar-refractivity contribution is 6.00. The number of likely N-dealkylation sites (N-methyl/N-ethyl adjacent to an activating group) is 1. The van der Waals surface area contributed by atoms with Gasteiger partial charge in [-0.2, -0.15) is 0 Å². The molecule has 0 radical (unpaired) electrons. The summed E-state index contributed by atoms with van der Waals surface area (Å²) < 4.78 is 0. The Bertz CT molecular complexity index is 898. The number of nitrogens with one attached hydrogen (secondary N) is 2. The Morgan fingerprint density at radius 2 is 1.74 bits per heavy atom. The summed E-state index contributed by atoms with van der Waals surface area (Å²) >= 11 is 0. The fourth-order valence-corrected chi connectivity index (χ4v) is 3.03. The van der Waals surface area contributed by atoms with E-state index in [-0.39, 0.29) is 5.69 Å². The monoisotopic (exact) mass is 371 g/mol. The maximum absolute atomic E-state index is 12.3. The zero-order valence-corrected chi connectivity index (χ0v) is 14.5. The highest BCUT2D eigenvalue weighted by Gasteiger charge is 2.19. The van der Waals surface area contributed by atoms with Gasteiger partial charge in [-0.25, -0.2) is 4.79 Å². The van der Waals surface area contributed by atoms with E-state index in [2.05, 4.69) is 15.5 Å². The Kier molecular flexibility index (Phi) is 4.99. The number of nitro groups is 2. The Hall–Kier alpha value is -3.53. The summed E-state index contributed by atoms with van der Waals surface area (Å²) in [5.41, 5.74) is 1.83. The molecule has 0 atom stereocenters. The summed E-state index contributed by atoms with van der Waals surface area (Å²) in [6.07, 6.45) is 0.782. The number of non-ortho nitro benzene ring substituents is 2. The first-order chi connectivity index (χ1) is 12.8. The van der Waals surface area contributed by atoms with Gasteiger partial charge in [-0.1, -0.05) is 12.1 Å². The van der Waals surface area contributed by atoms with E-state index in [1.807, 2.05) is 19.2 Å². The number of hydrogen-bond donors (Lipinski definition) is 2. The molecule has 1 heterocycles. The van der Waals surface area contributed by atoms with Crippen LogP contribution in [0, 0.1) is 20.2 Å². The number of rotatable bonds is 4. The van der Waals surface area contributed by atoms with Crippen LogP contribution < -0.4 is 10.6 Å². The van der Waals surface area contributed by atoms with E-state index in [1.165, 1.54) is 0 Å². The van der Waals surface area contributed by atoms with E-state index in [9.17, 15) is 25.0 Å². The minimum Gasteiger partial charge on any atom is -0.307 e. The molecule has 0 aliphatic carbocycles. The quantitative estimate of drug-likeness (QED) is 0.627. The molecule has 10 nitrogen and oxygen atoms in total. The van der Waals surface area contributed by atoms with Crippen LogP contribution in [0.15, 0.2) is 36.4 Å². The van der Waals surface area contributed by atoms with E-state index >= 15 is 0 Å². The van der Waals surface area contributed by atoms with Crippen LogP contribution in [0.3, 0.4) is 0 Å². The molecule has 0 bridgehead atoms. The molecule has 0 fully saturated rings. The Labute approximate surface area is 154 Å². The van der Waals surface area contributed by atoms with Gasteiger partial charge in [0.2, 0.25) is 0 Å². The van der Waals surface area contributed by atoms with Crippen LogP contribution in [0.1, 0.15) is 11.1 Å². The van der Waals surface area contributed by atoms with Gasteiger partial charge in [0.25, 0.3) is 11.4 Å². The first-order valence-electron chi connectivity index (χ1n) is 8.14. The van der Waals surface area contributed by atoms with Crippen molar-refractivity contribution in [3.63, 3.8) is 0 Å². The van der Waals surface area contributed by atoms with Gasteiger partial charge in [0.1, 0.15) is 0 Å². The van der Waals surface area contributed by atoms with Crippen LogP contribution in [0.2, 0.25) is 0 Å². The molecule has 3 rings (SSSR count). The highest BCUT2D eigenvalue weighted by atomic mass is 16.6. The van der Waals surface area contributed by atoms with Crippen molar-refractivity contribution < 1.29 is 14.6 Å². The van der Waals surface area contributed by atoms with Crippen molar-refractivity contribution in [2.45, 2.75) is 13.0 Å². The number of carbonyl (C=O) groups excluding carboxylic acids is 1. The van der Waals surface area contributed by atoms with Crippen LogP contribution in [0.4, 0.5) is 27.5 Å². The summed E-state index contributed by atoms with van der Waals surface area (Å²) in [6.45, 7) is 1.65. The van der Waals surface area contributed by atoms with Gasteiger partial charge in [-0.3, -0.25) is 20.2 Å². The second-order valence-corrected chi connectivity index (χ2v) is 6.26. The van der Waals surface area contributed by atoms with E-state index in [4.69, 9.17) is 0 Å². The van der Waals surface area contributed by atoms with Crippen molar-refractivity contribution >= 4 is 28.8 Å². The van der Waals surface area contributed by atoms with Crippen molar-refractivity contribution in [2.24, 2.45) is 0 Å². The molecule has 0 saturated carbocycles. The van der Waals surface area contributed by atoms with Crippen LogP contribution >= 0.6 is 0 Å². The number of amides is 2. The zero-order chi connectivity index (χ0) is 19.6. The number of anilines is 2. The van der Waals surface area contributed by atoms with E-state index in [1.54, 1.807) is 6.07 Å². The summed E-state index contributed by atoms with van der Waals surface area (Å²) in [6, 6.07) is 7.97. The standard InChI is InChI=1S/C17H17N5O5/c1-20-6-5-15-11(10-20)3-2-4-16(15)19-17(23)18-12-7-13(21(24)25)9-14(8-12)22(26)27/h2-4,7-9H,5-6,10H2,1H3,(H2,18,19,23). The lowest BCUT2D eigenvalue weighted by atomic mass is 9.98. The fraction of sp³-hybridized carbons (Fsp3) is 0.235. The van der Waals surface area contributed by atoms with Crippen molar-refractivity contribution in [2.75, 3.05) is 24.2 Å². The summed E-state index contributed by atoms with van der Waals surface area (Å²) in [4.78, 5) is 34.9. The van der Waals surface area contributed by atoms with Gasteiger partial charge in [-0.05, 0) is 30.7 Å². The third kappa shape index (κ3) is 4.18. The van der Waals surface area contributed by atoms with Gasteiger partial charge in [-0.15, -0.1) is 0 Å². The predicted octanol–water partition coefficient (Wildman–Crippen LogP) is 3.13. The van der Waals surface area contributed by atoms with Gasteiger partial charge in [0, 0.05) is 30.9 Å². The molecule has 1 aliphatic rings. The molecule has 0 saturated heterocycles. The van der Waals surface area contributed by atoms with Gasteiger partial charge in [0.05, 0.1) is 21.6 Å². The fourth-order valence-electron chi connectivity index (χ4n) is 3.03. The Balaban J connectivity index is 1.80. The summed E-state index contributed by atoms with van der Waals surface area (Å²) in [7, 11) is 2.02. The maximum Gasteiger partial charge on any atom is 0.323 e. The third-order valence-corrected chi connectivity index (χ3v) is 4.29. The van der Waals surface area contributed by atoms with Gasteiger partial charge >= 0.3 is 6.03 Å². The number of nitrogens with zero attached hydrogens (tertiary/aromatic N) is 3. The van der Waals surface area contributed by atoms with Gasteiger partial charge < -0.3 is 15.5 Å². The van der Waals surface area contributed by atoms with Crippen LogP contribution in [-0.2, 0) is 13.0 Å². The average Bonchev–Trinajstić information content (AvgIpc) is 2.61. The Morgan fingerprint density at radius 3 is 2.37 bits per heavy atom. The minimum absolute atomic E-state index is 0.0297. The average molecular weight is 371 g/mol. The minimum atomic E-state index is -0.750. The zero-order valence-electron chi connectivity index (χ0n) is 14.5. The van der Waals surface area contributed by atoms with E-state index in [0.29, 0.717) is 5.69 Å². The maximum atomic E-state index is 12.3. The van der Waals surface area contributed by atoms with Gasteiger partial charge in [0.15, 0.2) is 0 Å².